The molecule has 0 radical (unpaired) electrons. The quantitative estimate of drug-likeness (QED) is 0.523. The maximum absolute atomic E-state index is 3.56. The molecule has 0 saturated heterocycles. The highest BCUT2D eigenvalue weighted by molar-refractivity contribution is 4.80. The molecule has 0 spiro atoms. The minimum atomic E-state index is 1.00. The summed E-state index contributed by atoms with van der Waals surface area (Å²) in [5.74, 6) is 0. The highest BCUT2D eigenvalue weighted by Gasteiger charge is 1.62. The molecule has 0 amide bonds. The molecule has 0 aliphatic heterocycles. The molecule has 0 aliphatic carbocycles. The van der Waals surface area contributed by atoms with E-state index in [4.69, 9.17) is 0 Å². The molecule has 0 aromatic carbocycles. The average molecular weight is 116 g/mol. The number of hydrogen-bond donors (Lipinski definition) is 2. The van der Waals surface area contributed by atoms with Crippen molar-refractivity contribution in [1.82, 2.24) is 10.6 Å². The first-order valence-corrected chi connectivity index (χ1v) is 2.60. The Kier molecular flexibility index (Phi) is 12.7. The first kappa shape index (κ1) is 10.5. The van der Waals surface area contributed by atoms with E-state index in [1.165, 1.54) is 0 Å². The zero-order valence-electron chi connectivity index (χ0n) is 6.21. The van der Waals surface area contributed by atoms with Crippen molar-refractivity contribution in [2.45, 2.75) is 6.92 Å². The Morgan fingerprint density at radius 2 is 1.38 bits per heavy atom. The van der Waals surface area contributed by atoms with Gasteiger partial charge in [-0.3, -0.25) is 0 Å². The van der Waals surface area contributed by atoms with Crippen molar-refractivity contribution in [2.24, 2.45) is 0 Å². The summed E-state index contributed by atoms with van der Waals surface area (Å²) < 4.78 is 0. The first-order chi connectivity index (χ1) is 3.68. The fourth-order valence-corrected chi connectivity index (χ4v) is 0. The third-order valence-electron chi connectivity index (χ3n) is 0.427. The number of nitrogens with one attached hydrogen (secondary N) is 2. The average Bonchev–Trinajstić information content (AvgIpc) is 1.69. The molecule has 0 atom stereocenters. The fourth-order valence-electron chi connectivity index (χ4n) is 0. The number of hydrogen-bond acceptors (Lipinski definition) is 2. The summed E-state index contributed by atoms with van der Waals surface area (Å²) >= 11 is 0. The van der Waals surface area contributed by atoms with Crippen LogP contribution in [0.4, 0.5) is 0 Å². The van der Waals surface area contributed by atoms with E-state index in [9.17, 15) is 0 Å². The molecule has 50 valence electrons. The Bertz CT molecular complexity index is 50.5. The molecular formula is C6H16N2. The molecule has 0 aromatic rings. The van der Waals surface area contributed by atoms with Gasteiger partial charge in [-0.15, -0.1) is 0 Å². The molecule has 2 N–H and O–H groups in total. The molecule has 0 aromatic heterocycles. The van der Waals surface area contributed by atoms with E-state index in [2.05, 4.69) is 17.2 Å². The molecule has 0 rings (SSSR count). The van der Waals surface area contributed by atoms with Gasteiger partial charge in [-0.25, -0.2) is 0 Å². The first-order valence-electron chi connectivity index (χ1n) is 2.60. The second kappa shape index (κ2) is 9.71. The Hall–Kier alpha value is -0.500. The van der Waals surface area contributed by atoms with E-state index < -0.39 is 0 Å². The van der Waals surface area contributed by atoms with Crippen LogP contribution in [0.3, 0.4) is 0 Å². The minimum absolute atomic E-state index is 1.00. The topological polar surface area (TPSA) is 24.1 Å². The standard InChI is InChI=1S/C4H9N.C2H7N/c1-4(2)5-3;1-3-2/h5H,1H2,2-3H3;3H,1-2H3. The normalized spacial score (nSPS) is 6.50. The SMILES string of the molecule is C=C(C)NC.CNC. The Morgan fingerprint density at radius 1 is 1.25 bits per heavy atom. The highest BCUT2D eigenvalue weighted by atomic mass is 14.8. The van der Waals surface area contributed by atoms with Crippen LogP contribution in [0.25, 0.3) is 0 Å². The van der Waals surface area contributed by atoms with Crippen LogP contribution < -0.4 is 10.6 Å². The lowest BCUT2D eigenvalue weighted by Gasteiger charge is -1.87. The summed E-state index contributed by atoms with van der Waals surface area (Å²) in [7, 11) is 5.60. The van der Waals surface area contributed by atoms with Crippen molar-refractivity contribution < 1.29 is 0 Å². The Balaban J connectivity index is 0. The van der Waals surface area contributed by atoms with E-state index in [0.717, 1.165) is 5.70 Å². The van der Waals surface area contributed by atoms with Gasteiger partial charge in [0.2, 0.25) is 0 Å². The van der Waals surface area contributed by atoms with Crippen LogP contribution in [-0.4, -0.2) is 21.1 Å². The Morgan fingerprint density at radius 3 is 1.38 bits per heavy atom. The van der Waals surface area contributed by atoms with Crippen LogP contribution in [0.5, 0.6) is 0 Å². The smallest absolute Gasteiger partial charge is 0.00299 e. The predicted molar refractivity (Wildman–Crippen MR) is 38.9 cm³/mol. The zero-order valence-corrected chi connectivity index (χ0v) is 6.21. The summed E-state index contributed by atoms with van der Waals surface area (Å²) in [5, 5.41) is 5.58. The maximum atomic E-state index is 3.56. The van der Waals surface area contributed by atoms with Crippen molar-refractivity contribution in [3.05, 3.63) is 12.3 Å². The maximum Gasteiger partial charge on any atom is 0.00299 e. The van der Waals surface area contributed by atoms with E-state index in [1.807, 2.05) is 28.1 Å². The monoisotopic (exact) mass is 116 g/mol. The molecule has 0 bridgehead atoms. The molecule has 0 heterocycles. The van der Waals surface area contributed by atoms with E-state index >= 15 is 0 Å². The van der Waals surface area contributed by atoms with Gasteiger partial charge in [-0.1, -0.05) is 6.58 Å². The largest absolute Gasteiger partial charge is 0.392 e. The summed E-state index contributed by atoms with van der Waals surface area (Å²) in [6.45, 7) is 5.48. The van der Waals surface area contributed by atoms with Gasteiger partial charge in [0.1, 0.15) is 0 Å². The summed E-state index contributed by atoms with van der Waals surface area (Å²) in [4.78, 5) is 0. The van der Waals surface area contributed by atoms with Gasteiger partial charge in [0.15, 0.2) is 0 Å². The van der Waals surface area contributed by atoms with Crippen LogP contribution in [-0.2, 0) is 0 Å². The number of allylic oxidation sites excluding steroid dienone is 1. The minimum Gasteiger partial charge on any atom is -0.392 e. The van der Waals surface area contributed by atoms with E-state index in [0.29, 0.717) is 0 Å². The summed E-state index contributed by atoms with van der Waals surface area (Å²) in [5.41, 5.74) is 1.00. The molecule has 2 nitrogen and oxygen atoms in total. The third-order valence-corrected chi connectivity index (χ3v) is 0.427. The van der Waals surface area contributed by atoms with Gasteiger partial charge in [0, 0.05) is 7.05 Å². The second-order valence-electron chi connectivity index (χ2n) is 1.53. The lowest BCUT2D eigenvalue weighted by molar-refractivity contribution is 0.999. The van der Waals surface area contributed by atoms with Crippen LogP contribution in [0, 0.1) is 0 Å². The molecular weight excluding hydrogens is 100 g/mol. The van der Waals surface area contributed by atoms with E-state index in [-0.39, 0.29) is 0 Å². The lowest BCUT2D eigenvalue weighted by Crippen LogP contribution is -1.98. The van der Waals surface area contributed by atoms with E-state index in [1.54, 1.807) is 0 Å². The van der Waals surface area contributed by atoms with Crippen molar-refractivity contribution in [1.29, 1.82) is 0 Å². The van der Waals surface area contributed by atoms with Crippen molar-refractivity contribution in [2.75, 3.05) is 21.1 Å². The molecule has 8 heavy (non-hydrogen) atoms. The highest BCUT2D eigenvalue weighted by Crippen LogP contribution is 1.68. The van der Waals surface area contributed by atoms with Crippen molar-refractivity contribution in [3.63, 3.8) is 0 Å². The zero-order chi connectivity index (χ0) is 6.99. The lowest BCUT2D eigenvalue weighted by atomic mass is 10.6. The van der Waals surface area contributed by atoms with Crippen molar-refractivity contribution in [3.8, 4) is 0 Å². The summed E-state index contributed by atoms with van der Waals surface area (Å²) in [6.07, 6.45) is 0. The second-order valence-corrected chi connectivity index (χ2v) is 1.53. The Labute approximate surface area is 52.0 Å². The van der Waals surface area contributed by atoms with Crippen LogP contribution in [0.15, 0.2) is 12.3 Å². The third kappa shape index (κ3) is 49.5. The molecule has 0 aliphatic rings. The van der Waals surface area contributed by atoms with Gasteiger partial charge < -0.3 is 10.6 Å². The van der Waals surface area contributed by atoms with Crippen LogP contribution in [0.2, 0.25) is 0 Å². The van der Waals surface area contributed by atoms with Gasteiger partial charge in [-0.05, 0) is 26.7 Å². The van der Waals surface area contributed by atoms with Crippen molar-refractivity contribution >= 4 is 0 Å². The van der Waals surface area contributed by atoms with Gasteiger partial charge in [0.05, 0.1) is 0 Å². The number of rotatable bonds is 1. The van der Waals surface area contributed by atoms with Crippen LogP contribution in [0.1, 0.15) is 6.92 Å². The molecule has 0 saturated carbocycles. The fraction of sp³-hybridized carbons (Fsp3) is 0.667. The molecule has 0 unspecified atom stereocenters. The predicted octanol–water partition coefficient (Wildman–Crippen LogP) is 0.575. The van der Waals surface area contributed by atoms with Gasteiger partial charge in [-0.2, -0.15) is 0 Å². The molecule has 2 heteroatoms. The summed E-state index contributed by atoms with van der Waals surface area (Å²) in [6, 6.07) is 0. The van der Waals surface area contributed by atoms with Gasteiger partial charge >= 0.3 is 0 Å². The van der Waals surface area contributed by atoms with Crippen LogP contribution >= 0.6 is 0 Å². The molecule has 0 fully saturated rings. The van der Waals surface area contributed by atoms with Gasteiger partial charge in [0.25, 0.3) is 0 Å².